The lowest BCUT2D eigenvalue weighted by atomic mass is 10.1. The fourth-order valence-corrected chi connectivity index (χ4v) is 2.00. The molecule has 1 atom stereocenters. The molecule has 1 unspecified atom stereocenters. The van der Waals surface area contributed by atoms with Crippen LogP contribution in [0.3, 0.4) is 0 Å². The molecule has 0 aliphatic rings. The van der Waals surface area contributed by atoms with E-state index in [1.807, 2.05) is 0 Å². The van der Waals surface area contributed by atoms with E-state index in [2.05, 4.69) is 19.2 Å². The van der Waals surface area contributed by atoms with Gasteiger partial charge in [-0.1, -0.05) is 32.6 Å². The first-order valence-electron chi connectivity index (χ1n) is 6.77. The lowest BCUT2D eigenvalue weighted by Crippen LogP contribution is -2.15. The smallest absolute Gasteiger partial charge is 0.144 e. The Kier molecular flexibility index (Phi) is 6.55. The molecule has 0 saturated heterocycles. The third-order valence-electron chi connectivity index (χ3n) is 3.06. The van der Waals surface area contributed by atoms with Gasteiger partial charge in [0, 0.05) is 12.1 Å². The van der Waals surface area contributed by atoms with Crippen molar-refractivity contribution in [2.24, 2.45) is 0 Å². The number of halogens is 1. The Labute approximate surface area is 110 Å². The molecule has 18 heavy (non-hydrogen) atoms. The highest BCUT2D eigenvalue weighted by Gasteiger charge is 2.07. The van der Waals surface area contributed by atoms with Gasteiger partial charge in [-0.2, -0.15) is 0 Å². The van der Waals surface area contributed by atoms with Crippen LogP contribution in [-0.2, 0) is 0 Å². The molecule has 0 aromatic heterocycles. The van der Waals surface area contributed by atoms with E-state index in [0.29, 0.717) is 11.8 Å². The number of anilines is 1. The summed E-state index contributed by atoms with van der Waals surface area (Å²) >= 11 is 0. The van der Waals surface area contributed by atoms with Crippen molar-refractivity contribution in [2.45, 2.75) is 52.0 Å². The van der Waals surface area contributed by atoms with Crippen LogP contribution < -0.4 is 10.1 Å². The maximum atomic E-state index is 13.1. The Bertz CT molecular complexity index is 354. The summed E-state index contributed by atoms with van der Waals surface area (Å²) < 4.78 is 18.2. The standard InChI is InChI=1S/C15H24FNO/c1-4-5-6-7-8-12(2)17-14-10-9-13(16)11-15(14)18-3/h9-12,17H,4-8H2,1-3H3. The molecule has 0 amide bonds. The summed E-state index contributed by atoms with van der Waals surface area (Å²) in [5.74, 6) is 0.295. The molecule has 0 aliphatic carbocycles. The first-order chi connectivity index (χ1) is 8.67. The highest BCUT2D eigenvalue weighted by atomic mass is 19.1. The van der Waals surface area contributed by atoms with E-state index < -0.39 is 0 Å². The Morgan fingerprint density at radius 1 is 1.28 bits per heavy atom. The summed E-state index contributed by atoms with van der Waals surface area (Å²) in [6, 6.07) is 4.97. The lowest BCUT2D eigenvalue weighted by molar-refractivity contribution is 0.412. The van der Waals surface area contributed by atoms with Gasteiger partial charge in [-0.3, -0.25) is 0 Å². The number of rotatable bonds is 8. The van der Waals surface area contributed by atoms with Crippen LogP contribution in [0.2, 0.25) is 0 Å². The van der Waals surface area contributed by atoms with Crippen LogP contribution in [0.1, 0.15) is 46.0 Å². The molecule has 1 aromatic rings. The summed E-state index contributed by atoms with van der Waals surface area (Å²) in [7, 11) is 1.56. The molecular weight excluding hydrogens is 229 g/mol. The van der Waals surface area contributed by atoms with Crippen LogP contribution in [0, 0.1) is 5.82 Å². The number of hydrogen-bond acceptors (Lipinski definition) is 2. The molecule has 0 fully saturated rings. The van der Waals surface area contributed by atoms with Gasteiger partial charge in [-0.25, -0.2) is 4.39 Å². The highest BCUT2D eigenvalue weighted by Crippen LogP contribution is 2.26. The maximum absolute atomic E-state index is 13.1. The van der Waals surface area contributed by atoms with Crippen molar-refractivity contribution in [2.75, 3.05) is 12.4 Å². The lowest BCUT2D eigenvalue weighted by Gasteiger charge is -2.17. The molecule has 0 saturated carbocycles. The molecule has 0 heterocycles. The Morgan fingerprint density at radius 3 is 2.72 bits per heavy atom. The van der Waals surface area contributed by atoms with Gasteiger partial charge in [0.1, 0.15) is 11.6 Å². The minimum absolute atomic E-state index is 0.270. The Hall–Kier alpha value is -1.25. The first-order valence-corrected chi connectivity index (χ1v) is 6.77. The van der Waals surface area contributed by atoms with Gasteiger partial charge in [0.15, 0.2) is 0 Å². The third-order valence-corrected chi connectivity index (χ3v) is 3.06. The first kappa shape index (κ1) is 14.8. The molecule has 1 rings (SSSR count). The second kappa shape index (κ2) is 7.96. The zero-order chi connectivity index (χ0) is 13.4. The van der Waals surface area contributed by atoms with Crippen LogP contribution in [0.25, 0.3) is 0 Å². The molecule has 0 aliphatic heterocycles. The van der Waals surface area contributed by atoms with E-state index in [9.17, 15) is 4.39 Å². The van der Waals surface area contributed by atoms with E-state index in [1.165, 1.54) is 37.8 Å². The maximum Gasteiger partial charge on any atom is 0.144 e. The Balaban J connectivity index is 2.45. The Morgan fingerprint density at radius 2 is 2.06 bits per heavy atom. The summed E-state index contributed by atoms with van der Waals surface area (Å²) in [5.41, 5.74) is 0.863. The van der Waals surface area contributed by atoms with Crippen molar-refractivity contribution >= 4 is 5.69 Å². The van der Waals surface area contributed by atoms with E-state index in [4.69, 9.17) is 4.74 Å². The van der Waals surface area contributed by atoms with Gasteiger partial charge in [-0.15, -0.1) is 0 Å². The number of ether oxygens (including phenoxy) is 1. The van der Waals surface area contributed by atoms with Crippen LogP contribution in [-0.4, -0.2) is 13.2 Å². The van der Waals surface area contributed by atoms with Crippen molar-refractivity contribution in [3.05, 3.63) is 24.0 Å². The van der Waals surface area contributed by atoms with Gasteiger partial charge >= 0.3 is 0 Å². The number of hydrogen-bond donors (Lipinski definition) is 1. The van der Waals surface area contributed by atoms with Crippen molar-refractivity contribution < 1.29 is 9.13 Å². The number of nitrogens with one attached hydrogen (secondary N) is 1. The molecule has 102 valence electrons. The van der Waals surface area contributed by atoms with Crippen LogP contribution in [0.5, 0.6) is 5.75 Å². The molecule has 1 aromatic carbocycles. The molecule has 0 bridgehead atoms. The molecule has 1 N–H and O–H groups in total. The summed E-state index contributed by atoms with van der Waals surface area (Å²) in [6.07, 6.45) is 6.19. The van der Waals surface area contributed by atoms with E-state index >= 15 is 0 Å². The SMILES string of the molecule is CCCCCCC(C)Nc1ccc(F)cc1OC. The zero-order valence-electron chi connectivity index (χ0n) is 11.6. The topological polar surface area (TPSA) is 21.3 Å². The summed E-state index contributed by atoms with van der Waals surface area (Å²) in [6.45, 7) is 4.36. The predicted molar refractivity (Wildman–Crippen MR) is 74.8 cm³/mol. The molecular formula is C15H24FNO. The van der Waals surface area contributed by atoms with Gasteiger partial charge < -0.3 is 10.1 Å². The van der Waals surface area contributed by atoms with E-state index in [-0.39, 0.29) is 5.82 Å². The fourth-order valence-electron chi connectivity index (χ4n) is 2.00. The zero-order valence-corrected chi connectivity index (χ0v) is 11.6. The monoisotopic (exact) mass is 253 g/mol. The van der Waals surface area contributed by atoms with Gasteiger partial charge in [0.25, 0.3) is 0 Å². The predicted octanol–water partition coefficient (Wildman–Crippen LogP) is 4.61. The van der Waals surface area contributed by atoms with E-state index in [0.717, 1.165) is 12.1 Å². The molecule has 2 nitrogen and oxygen atoms in total. The van der Waals surface area contributed by atoms with Gasteiger partial charge in [-0.05, 0) is 25.5 Å². The van der Waals surface area contributed by atoms with Crippen LogP contribution in [0.4, 0.5) is 10.1 Å². The van der Waals surface area contributed by atoms with Gasteiger partial charge in [0.05, 0.1) is 12.8 Å². The largest absolute Gasteiger partial charge is 0.494 e. The normalized spacial score (nSPS) is 12.2. The molecule has 3 heteroatoms. The van der Waals surface area contributed by atoms with Crippen molar-refractivity contribution in [1.82, 2.24) is 0 Å². The average molecular weight is 253 g/mol. The van der Waals surface area contributed by atoms with Crippen molar-refractivity contribution in [1.29, 1.82) is 0 Å². The minimum atomic E-state index is -0.270. The summed E-state index contributed by atoms with van der Waals surface area (Å²) in [4.78, 5) is 0. The summed E-state index contributed by atoms with van der Waals surface area (Å²) in [5, 5.41) is 3.37. The van der Waals surface area contributed by atoms with Crippen molar-refractivity contribution in [3.8, 4) is 5.75 Å². The minimum Gasteiger partial charge on any atom is -0.494 e. The molecule has 0 spiro atoms. The van der Waals surface area contributed by atoms with Crippen LogP contribution >= 0.6 is 0 Å². The second-order valence-electron chi connectivity index (χ2n) is 4.74. The van der Waals surface area contributed by atoms with E-state index in [1.54, 1.807) is 13.2 Å². The number of methoxy groups -OCH3 is 1. The van der Waals surface area contributed by atoms with Crippen LogP contribution in [0.15, 0.2) is 18.2 Å². The number of benzene rings is 1. The quantitative estimate of drug-likeness (QED) is 0.683. The van der Waals surface area contributed by atoms with Crippen molar-refractivity contribution in [3.63, 3.8) is 0 Å². The molecule has 0 radical (unpaired) electrons. The third kappa shape index (κ3) is 4.94. The number of unbranched alkanes of at least 4 members (excludes halogenated alkanes) is 3. The average Bonchev–Trinajstić information content (AvgIpc) is 2.37. The second-order valence-corrected chi connectivity index (χ2v) is 4.74. The van der Waals surface area contributed by atoms with Gasteiger partial charge in [0.2, 0.25) is 0 Å². The highest BCUT2D eigenvalue weighted by molar-refractivity contribution is 5.56. The fraction of sp³-hybridized carbons (Fsp3) is 0.600.